The fourth-order valence-electron chi connectivity index (χ4n) is 2.20. The SMILES string of the molecule is CC(C)CN(C)C(=O)C1(C(N)=NO)CCC1. The van der Waals surface area contributed by atoms with E-state index in [2.05, 4.69) is 19.0 Å². The number of nitrogens with two attached hydrogens (primary N) is 1. The standard InChI is InChI=1S/C11H21N3O2/c1-8(2)7-14(3)10(15)11(5-4-6-11)9(12)13-16/h8,16H,4-7H2,1-3H3,(H2,12,13). The Hall–Kier alpha value is -1.26. The molecule has 0 heterocycles. The zero-order valence-corrected chi connectivity index (χ0v) is 10.2. The lowest BCUT2D eigenvalue weighted by molar-refractivity contribution is -0.141. The molecule has 1 saturated carbocycles. The minimum absolute atomic E-state index is 0.0252. The summed E-state index contributed by atoms with van der Waals surface area (Å²) in [6.45, 7) is 4.81. The number of amides is 1. The van der Waals surface area contributed by atoms with Crippen LogP contribution in [0.5, 0.6) is 0 Å². The van der Waals surface area contributed by atoms with Gasteiger partial charge in [0.05, 0.1) is 0 Å². The number of hydrogen-bond donors (Lipinski definition) is 2. The molecule has 1 fully saturated rings. The number of rotatable bonds is 4. The van der Waals surface area contributed by atoms with Crippen LogP contribution < -0.4 is 5.73 Å². The Bertz CT molecular complexity index is 296. The Balaban J connectivity index is 2.78. The smallest absolute Gasteiger partial charge is 0.236 e. The molecule has 1 rings (SSSR count). The maximum Gasteiger partial charge on any atom is 0.236 e. The van der Waals surface area contributed by atoms with Crippen molar-refractivity contribution in [1.82, 2.24) is 4.90 Å². The summed E-state index contributed by atoms with van der Waals surface area (Å²) in [4.78, 5) is 13.9. The van der Waals surface area contributed by atoms with Gasteiger partial charge in [0.15, 0.2) is 5.84 Å². The van der Waals surface area contributed by atoms with Gasteiger partial charge in [0.25, 0.3) is 0 Å². The third kappa shape index (κ3) is 2.13. The first-order valence-electron chi connectivity index (χ1n) is 5.67. The zero-order valence-electron chi connectivity index (χ0n) is 10.2. The van der Waals surface area contributed by atoms with Crippen molar-refractivity contribution >= 4 is 11.7 Å². The average Bonchev–Trinajstić information content (AvgIpc) is 2.14. The number of carbonyl (C=O) groups is 1. The van der Waals surface area contributed by atoms with Crippen molar-refractivity contribution in [2.75, 3.05) is 13.6 Å². The van der Waals surface area contributed by atoms with Crippen molar-refractivity contribution in [2.24, 2.45) is 22.2 Å². The monoisotopic (exact) mass is 227 g/mol. The number of nitrogens with zero attached hydrogens (tertiary/aromatic N) is 2. The molecule has 5 heteroatoms. The third-order valence-electron chi connectivity index (χ3n) is 3.20. The Labute approximate surface area is 96.3 Å². The second-order valence-corrected chi connectivity index (χ2v) is 5.00. The summed E-state index contributed by atoms with van der Waals surface area (Å²) in [5.41, 5.74) is 4.90. The van der Waals surface area contributed by atoms with Gasteiger partial charge in [0.1, 0.15) is 5.41 Å². The molecule has 0 spiro atoms. The van der Waals surface area contributed by atoms with Crippen LogP contribution in [0.15, 0.2) is 5.16 Å². The van der Waals surface area contributed by atoms with E-state index in [0.29, 0.717) is 25.3 Å². The fourth-order valence-corrected chi connectivity index (χ4v) is 2.20. The van der Waals surface area contributed by atoms with E-state index in [1.54, 1.807) is 11.9 Å². The van der Waals surface area contributed by atoms with E-state index >= 15 is 0 Å². The lowest BCUT2D eigenvalue weighted by atomic mass is 9.67. The van der Waals surface area contributed by atoms with Crippen LogP contribution >= 0.6 is 0 Å². The van der Waals surface area contributed by atoms with Gasteiger partial charge in [-0.15, -0.1) is 0 Å². The molecule has 0 atom stereocenters. The molecule has 0 aromatic heterocycles. The Morgan fingerprint density at radius 2 is 2.12 bits per heavy atom. The van der Waals surface area contributed by atoms with E-state index in [1.807, 2.05) is 0 Å². The molecule has 5 nitrogen and oxygen atoms in total. The first-order chi connectivity index (χ1) is 7.44. The minimum atomic E-state index is -0.738. The van der Waals surface area contributed by atoms with Gasteiger partial charge in [0, 0.05) is 13.6 Å². The first-order valence-corrected chi connectivity index (χ1v) is 5.67. The highest BCUT2D eigenvalue weighted by Crippen LogP contribution is 2.42. The fraction of sp³-hybridized carbons (Fsp3) is 0.818. The highest BCUT2D eigenvalue weighted by atomic mass is 16.4. The van der Waals surface area contributed by atoms with Crippen molar-refractivity contribution in [3.8, 4) is 0 Å². The number of oxime groups is 1. The van der Waals surface area contributed by atoms with Crippen LogP contribution in [0.1, 0.15) is 33.1 Å². The summed E-state index contributed by atoms with van der Waals surface area (Å²) in [7, 11) is 1.77. The van der Waals surface area contributed by atoms with E-state index < -0.39 is 5.41 Å². The van der Waals surface area contributed by atoms with Crippen LogP contribution in [0, 0.1) is 11.3 Å². The van der Waals surface area contributed by atoms with Gasteiger partial charge in [-0.3, -0.25) is 4.79 Å². The molecule has 1 aliphatic carbocycles. The molecule has 0 saturated heterocycles. The summed E-state index contributed by atoms with van der Waals surface area (Å²) in [5.74, 6) is 0.445. The van der Waals surface area contributed by atoms with Crippen LogP contribution in [0.25, 0.3) is 0 Å². The van der Waals surface area contributed by atoms with Crippen LogP contribution in [0.3, 0.4) is 0 Å². The van der Waals surface area contributed by atoms with Crippen molar-refractivity contribution in [2.45, 2.75) is 33.1 Å². The average molecular weight is 227 g/mol. The molecular weight excluding hydrogens is 206 g/mol. The van der Waals surface area contributed by atoms with E-state index in [1.165, 1.54) is 0 Å². The highest BCUT2D eigenvalue weighted by Gasteiger charge is 2.49. The van der Waals surface area contributed by atoms with Gasteiger partial charge in [-0.05, 0) is 18.8 Å². The number of carbonyl (C=O) groups excluding carboxylic acids is 1. The minimum Gasteiger partial charge on any atom is -0.409 e. The summed E-state index contributed by atoms with van der Waals surface area (Å²) in [6.07, 6.45) is 2.33. The summed E-state index contributed by atoms with van der Waals surface area (Å²) in [6, 6.07) is 0. The lowest BCUT2D eigenvalue weighted by Crippen LogP contribution is -2.54. The Kier molecular flexibility index (Phi) is 3.78. The molecule has 92 valence electrons. The molecule has 3 N–H and O–H groups in total. The summed E-state index contributed by atoms with van der Waals surface area (Å²) < 4.78 is 0. The van der Waals surface area contributed by atoms with E-state index in [-0.39, 0.29) is 11.7 Å². The third-order valence-corrected chi connectivity index (χ3v) is 3.20. The normalized spacial score (nSPS) is 19.4. The quantitative estimate of drug-likeness (QED) is 0.326. The highest BCUT2D eigenvalue weighted by molar-refractivity contribution is 6.07. The molecular formula is C11H21N3O2. The van der Waals surface area contributed by atoms with Gasteiger partial charge in [-0.1, -0.05) is 25.4 Å². The van der Waals surface area contributed by atoms with Gasteiger partial charge in [-0.25, -0.2) is 0 Å². The molecule has 0 aliphatic heterocycles. The van der Waals surface area contributed by atoms with Crippen LogP contribution in [-0.4, -0.2) is 35.4 Å². The number of amidine groups is 1. The molecule has 0 aromatic carbocycles. The van der Waals surface area contributed by atoms with Gasteiger partial charge in [0.2, 0.25) is 5.91 Å². The molecule has 0 radical (unpaired) electrons. The molecule has 16 heavy (non-hydrogen) atoms. The van der Waals surface area contributed by atoms with Crippen molar-refractivity contribution < 1.29 is 10.0 Å². The Morgan fingerprint density at radius 3 is 2.44 bits per heavy atom. The van der Waals surface area contributed by atoms with Crippen LogP contribution in [0.4, 0.5) is 0 Å². The van der Waals surface area contributed by atoms with Crippen LogP contribution in [-0.2, 0) is 4.79 Å². The molecule has 1 amide bonds. The summed E-state index contributed by atoms with van der Waals surface area (Å²) >= 11 is 0. The molecule has 0 aromatic rings. The van der Waals surface area contributed by atoms with Gasteiger partial charge >= 0.3 is 0 Å². The number of hydrogen-bond acceptors (Lipinski definition) is 3. The topological polar surface area (TPSA) is 78.9 Å². The van der Waals surface area contributed by atoms with Crippen LogP contribution in [0.2, 0.25) is 0 Å². The van der Waals surface area contributed by atoms with Crippen molar-refractivity contribution in [1.29, 1.82) is 0 Å². The molecule has 1 aliphatic rings. The van der Waals surface area contributed by atoms with E-state index in [9.17, 15) is 4.79 Å². The van der Waals surface area contributed by atoms with Gasteiger partial charge in [-0.2, -0.15) is 0 Å². The second kappa shape index (κ2) is 4.72. The Morgan fingerprint density at radius 1 is 1.56 bits per heavy atom. The maximum absolute atomic E-state index is 12.2. The summed E-state index contributed by atoms with van der Waals surface area (Å²) in [5, 5.41) is 11.8. The zero-order chi connectivity index (χ0) is 12.3. The van der Waals surface area contributed by atoms with Gasteiger partial charge < -0.3 is 15.8 Å². The maximum atomic E-state index is 12.2. The van der Waals surface area contributed by atoms with Crippen molar-refractivity contribution in [3.05, 3.63) is 0 Å². The largest absolute Gasteiger partial charge is 0.409 e. The lowest BCUT2D eigenvalue weighted by Gasteiger charge is -2.41. The van der Waals surface area contributed by atoms with E-state index in [0.717, 1.165) is 6.42 Å². The van der Waals surface area contributed by atoms with E-state index in [4.69, 9.17) is 10.9 Å². The molecule has 0 bridgehead atoms. The second-order valence-electron chi connectivity index (χ2n) is 5.00. The predicted molar refractivity (Wildman–Crippen MR) is 62.2 cm³/mol. The van der Waals surface area contributed by atoms with Crippen molar-refractivity contribution in [3.63, 3.8) is 0 Å². The first kappa shape index (κ1) is 12.8. The predicted octanol–water partition coefficient (Wildman–Crippen LogP) is 1.02. The molecule has 0 unspecified atom stereocenters.